The molecule has 0 unspecified atom stereocenters. The lowest BCUT2D eigenvalue weighted by atomic mass is 9.95. The summed E-state index contributed by atoms with van der Waals surface area (Å²) < 4.78 is 3.79. The van der Waals surface area contributed by atoms with Crippen LogP contribution in [0, 0.1) is 0 Å². The van der Waals surface area contributed by atoms with Gasteiger partial charge in [0.2, 0.25) is 0 Å². The summed E-state index contributed by atoms with van der Waals surface area (Å²) in [7, 11) is 0. The van der Waals surface area contributed by atoms with Crippen LogP contribution in [0.3, 0.4) is 0 Å². The average molecular weight is 385 g/mol. The molecule has 0 atom stereocenters. The van der Waals surface area contributed by atoms with Gasteiger partial charge < -0.3 is 9.72 Å². The van der Waals surface area contributed by atoms with Gasteiger partial charge in [0.15, 0.2) is 0 Å². The Hall–Kier alpha value is -3.41. The Morgan fingerprint density at radius 3 is 2.52 bits per heavy atom. The number of carbonyl (C=O) groups is 1. The average Bonchev–Trinajstić information content (AvgIpc) is 3.41. The van der Waals surface area contributed by atoms with Crippen LogP contribution in [0.15, 0.2) is 67.3 Å². The number of nitrogens with one attached hydrogen (secondary N) is 1. The second-order valence-electron chi connectivity index (χ2n) is 7.58. The van der Waals surface area contributed by atoms with Gasteiger partial charge in [-0.05, 0) is 60.4 Å². The summed E-state index contributed by atoms with van der Waals surface area (Å²) in [4.78, 5) is 17.0. The second kappa shape index (κ2) is 7.54. The van der Waals surface area contributed by atoms with E-state index in [2.05, 4.69) is 38.1 Å². The van der Waals surface area contributed by atoms with E-state index in [1.165, 1.54) is 19.3 Å². The smallest absolute Gasteiger partial charge is 0.270 e. The SMILES string of the molecule is O=C(NC1CCCCC1)c1ccnn1-c1ccc2ccc(-c3ccncc3)cn12. The third-order valence-electron chi connectivity index (χ3n) is 5.68. The Bertz CT molecular complexity index is 1140. The maximum Gasteiger partial charge on any atom is 0.270 e. The predicted molar refractivity (Wildman–Crippen MR) is 112 cm³/mol. The van der Waals surface area contributed by atoms with E-state index in [1.807, 2.05) is 24.3 Å². The molecule has 1 aliphatic carbocycles. The Kier molecular flexibility index (Phi) is 4.60. The fourth-order valence-electron chi connectivity index (χ4n) is 4.14. The van der Waals surface area contributed by atoms with Crippen molar-refractivity contribution in [1.29, 1.82) is 0 Å². The van der Waals surface area contributed by atoms with Crippen molar-refractivity contribution in [1.82, 2.24) is 24.5 Å². The highest BCUT2D eigenvalue weighted by atomic mass is 16.2. The first-order valence-electron chi connectivity index (χ1n) is 10.2. The molecule has 1 amide bonds. The van der Waals surface area contributed by atoms with Crippen molar-refractivity contribution in [3.05, 3.63) is 72.9 Å². The summed E-state index contributed by atoms with van der Waals surface area (Å²) in [6.45, 7) is 0. The zero-order valence-corrected chi connectivity index (χ0v) is 16.2. The molecule has 0 saturated heterocycles. The highest BCUT2D eigenvalue weighted by molar-refractivity contribution is 5.93. The number of hydrogen-bond donors (Lipinski definition) is 1. The third kappa shape index (κ3) is 3.42. The molecule has 146 valence electrons. The standard InChI is InChI=1S/C23H23N5O/c29-23(26-19-4-2-1-3-5-19)21-12-15-25-28(21)22-9-8-20-7-6-18(16-27(20)22)17-10-13-24-14-11-17/h6-16,19H,1-5H2,(H,26,29). The molecular formula is C23H23N5O. The molecule has 29 heavy (non-hydrogen) atoms. The number of amides is 1. The Morgan fingerprint density at radius 2 is 1.69 bits per heavy atom. The van der Waals surface area contributed by atoms with Crippen LogP contribution in [0.2, 0.25) is 0 Å². The molecule has 1 saturated carbocycles. The van der Waals surface area contributed by atoms with Gasteiger partial charge in [0, 0.05) is 30.1 Å². The van der Waals surface area contributed by atoms with Crippen LogP contribution in [-0.4, -0.2) is 31.1 Å². The summed E-state index contributed by atoms with van der Waals surface area (Å²) in [5, 5.41) is 7.64. The van der Waals surface area contributed by atoms with Crippen molar-refractivity contribution in [2.24, 2.45) is 0 Å². The molecule has 0 radical (unpaired) electrons. The molecule has 1 fully saturated rings. The van der Waals surface area contributed by atoms with Gasteiger partial charge in [0.05, 0.1) is 6.20 Å². The lowest BCUT2D eigenvalue weighted by Crippen LogP contribution is -2.37. The molecule has 1 N–H and O–H groups in total. The summed E-state index contributed by atoms with van der Waals surface area (Å²) in [6.07, 6.45) is 13.1. The van der Waals surface area contributed by atoms with E-state index in [-0.39, 0.29) is 11.9 Å². The summed E-state index contributed by atoms with van der Waals surface area (Å²) in [5.41, 5.74) is 3.78. The van der Waals surface area contributed by atoms with Crippen LogP contribution < -0.4 is 5.32 Å². The van der Waals surface area contributed by atoms with Crippen molar-refractivity contribution in [2.75, 3.05) is 0 Å². The minimum atomic E-state index is -0.0605. The highest BCUT2D eigenvalue weighted by Crippen LogP contribution is 2.23. The minimum Gasteiger partial charge on any atom is -0.348 e. The largest absolute Gasteiger partial charge is 0.348 e. The van der Waals surface area contributed by atoms with E-state index in [0.717, 1.165) is 35.3 Å². The second-order valence-corrected chi connectivity index (χ2v) is 7.58. The van der Waals surface area contributed by atoms with Crippen LogP contribution >= 0.6 is 0 Å². The lowest BCUT2D eigenvalue weighted by Gasteiger charge is -2.22. The summed E-state index contributed by atoms with van der Waals surface area (Å²) >= 11 is 0. The first-order chi connectivity index (χ1) is 14.3. The van der Waals surface area contributed by atoms with Crippen molar-refractivity contribution < 1.29 is 4.79 Å². The fraction of sp³-hybridized carbons (Fsp3) is 0.261. The van der Waals surface area contributed by atoms with Gasteiger partial charge in [-0.1, -0.05) is 25.3 Å². The number of aromatic nitrogens is 4. The van der Waals surface area contributed by atoms with Crippen molar-refractivity contribution >= 4 is 11.4 Å². The number of nitrogens with zero attached hydrogens (tertiary/aromatic N) is 4. The maximum atomic E-state index is 12.9. The third-order valence-corrected chi connectivity index (χ3v) is 5.68. The van der Waals surface area contributed by atoms with Crippen LogP contribution in [0.5, 0.6) is 0 Å². The molecule has 4 aromatic heterocycles. The monoisotopic (exact) mass is 385 g/mol. The molecule has 5 rings (SSSR count). The van der Waals surface area contributed by atoms with E-state index in [4.69, 9.17) is 0 Å². The highest BCUT2D eigenvalue weighted by Gasteiger charge is 2.20. The molecule has 0 aliphatic heterocycles. The number of rotatable bonds is 4. The molecule has 0 aromatic carbocycles. The molecular weight excluding hydrogens is 362 g/mol. The van der Waals surface area contributed by atoms with Gasteiger partial charge in [0.1, 0.15) is 11.5 Å². The van der Waals surface area contributed by atoms with Gasteiger partial charge in [-0.25, -0.2) is 4.68 Å². The zero-order valence-electron chi connectivity index (χ0n) is 16.2. The van der Waals surface area contributed by atoms with Crippen LogP contribution in [-0.2, 0) is 0 Å². The molecule has 6 heteroatoms. The van der Waals surface area contributed by atoms with E-state index < -0.39 is 0 Å². The fourth-order valence-corrected chi connectivity index (χ4v) is 4.14. The molecule has 0 bridgehead atoms. The summed E-state index contributed by atoms with van der Waals surface area (Å²) in [5.74, 6) is 0.782. The summed E-state index contributed by atoms with van der Waals surface area (Å²) in [6, 6.07) is 14.2. The number of pyridine rings is 2. The number of hydrogen-bond acceptors (Lipinski definition) is 3. The first kappa shape index (κ1) is 17.7. The van der Waals surface area contributed by atoms with E-state index in [0.29, 0.717) is 5.69 Å². The molecule has 0 spiro atoms. The molecule has 1 aliphatic rings. The first-order valence-corrected chi connectivity index (χ1v) is 10.2. The molecule has 4 aromatic rings. The van der Waals surface area contributed by atoms with Gasteiger partial charge in [-0.15, -0.1) is 0 Å². The zero-order chi connectivity index (χ0) is 19.6. The van der Waals surface area contributed by atoms with Gasteiger partial charge in [-0.3, -0.25) is 9.78 Å². The van der Waals surface area contributed by atoms with E-state index in [9.17, 15) is 4.79 Å². The Morgan fingerprint density at radius 1 is 0.897 bits per heavy atom. The van der Waals surface area contributed by atoms with Crippen LogP contribution in [0.4, 0.5) is 0 Å². The minimum absolute atomic E-state index is 0.0605. The molecule has 6 nitrogen and oxygen atoms in total. The number of carbonyl (C=O) groups excluding carboxylic acids is 1. The van der Waals surface area contributed by atoms with Crippen molar-refractivity contribution in [2.45, 2.75) is 38.1 Å². The Balaban J connectivity index is 1.50. The van der Waals surface area contributed by atoms with Crippen molar-refractivity contribution in [3.63, 3.8) is 0 Å². The lowest BCUT2D eigenvalue weighted by molar-refractivity contribution is 0.0919. The van der Waals surface area contributed by atoms with Gasteiger partial charge in [0.25, 0.3) is 5.91 Å². The van der Waals surface area contributed by atoms with E-state index >= 15 is 0 Å². The van der Waals surface area contributed by atoms with Gasteiger partial charge in [-0.2, -0.15) is 5.10 Å². The van der Waals surface area contributed by atoms with Crippen LogP contribution in [0.25, 0.3) is 22.5 Å². The molecule has 4 heterocycles. The van der Waals surface area contributed by atoms with Crippen molar-refractivity contribution in [3.8, 4) is 16.9 Å². The quantitative estimate of drug-likeness (QED) is 0.571. The van der Waals surface area contributed by atoms with Gasteiger partial charge >= 0.3 is 0 Å². The Labute approximate surface area is 169 Å². The van der Waals surface area contributed by atoms with Crippen LogP contribution in [0.1, 0.15) is 42.6 Å². The maximum absolute atomic E-state index is 12.9. The topological polar surface area (TPSA) is 64.2 Å². The van der Waals surface area contributed by atoms with E-state index in [1.54, 1.807) is 29.3 Å². The normalized spacial score (nSPS) is 14.9. The number of fused-ring (bicyclic) bond motifs is 1. The predicted octanol–water partition coefficient (Wildman–Crippen LogP) is 4.25.